The largest absolute Gasteiger partial charge is 0.391 e. The minimum absolute atomic E-state index is 0.0922. The molecule has 0 radical (unpaired) electrons. The van der Waals surface area contributed by atoms with Crippen molar-refractivity contribution < 1.29 is 5.11 Å². The highest BCUT2D eigenvalue weighted by Crippen LogP contribution is 2.38. The van der Waals surface area contributed by atoms with Gasteiger partial charge in [0.15, 0.2) is 0 Å². The van der Waals surface area contributed by atoms with E-state index in [2.05, 4.69) is 21.4 Å². The lowest BCUT2D eigenvalue weighted by molar-refractivity contribution is 0.00715. The minimum atomic E-state index is -0.0922. The fourth-order valence-electron chi connectivity index (χ4n) is 4.45. The summed E-state index contributed by atoms with van der Waals surface area (Å²) in [7, 11) is 0. The SMILES string of the molecule is OC1CCCCC1N1CCC(NCc2cnc(C3CCC3)s2)CC1. The smallest absolute Gasteiger partial charge is 0.0959 e. The van der Waals surface area contributed by atoms with Gasteiger partial charge in [0, 0.05) is 48.7 Å². The monoisotopic (exact) mass is 349 g/mol. The lowest BCUT2D eigenvalue weighted by Crippen LogP contribution is -2.51. The quantitative estimate of drug-likeness (QED) is 0.856. The summed E-state index contributed by atoms with van der Waals surface area (Å²) in [4.78, 5) is 8.56. The van der Waals surface area contributed by atoms with Gasteiger partial charge < -0.3 is 10.4 Å². The van der Waals surface area contributed by atoms with E-state index < -0.39 is 0 Å². The van der Waals surface area contributed by atoms with Crippen molar-refractivity contribution >= 4 is 11.3 Å². The minimum Gasteiger partial charge on any atom is -0.391 e. The standard InChI is InChI=1S/C19H31N3OS/c23-18-7-2-1-6-17(18)22-10-8-15(9-11-22)20-12-16-13-21-19(24-16)14-4-3-5-14/h13-15,17-18,20,23H,1-12H2. The number of hydrogen-bond acceptors (Lipinski definition) is 5. The summed E-state index contributed by atoms with van der Waals surface area (Å²) in [6, 6.07) is 1.04. The first-order valence-corrected chi connectivity index (χ1v) is 10.7. The Balaban J connectivity index is 1.21. The Hall–Kier alpha value is -0.490. The third-order valence-electron chi connectivity index (χ3n) is 6.28. The van der Waals surface area contributed by atoms with Crippen LogP contribution < -0.4 is 5.32 Å². The molecule has 1 aromatic heterocycles. The van der Waals surface area contributed by atoms with E-state index in [1.54, 1.807) is 0 Å². The van der Waals surface area contributed by atoms with Crippen molar-refractivity contribution in [1.29, 1.82) is 0 Å². The Morgan fingerprint density at radius 2 is 1.88 bits per heavy atom. The first kappa shape index (κ1) is 17.0. The number of rotatable bonds is 5. The van der Waals surface area contributed by atoms with E-state index in [1.165, 1.54) is 61.3 Å². The van der Waals surface area contributed by atoms with Crippen LogP contribution >= 0.6 is 11.3 Å². The highest BCUT2D eigenvalue weighted by atomic mass is 32.1. The highest BCUT2D eigenvalue weighted by molar-refractivity contribution is 7.11. The average Bonchev–Trinajstić information content (AvgIpc) is 3.01. The van der Waals surface area contributed by atoms with Gasteiger partial charge in [-0.05, 0) is 38.5 Å². The van der Waals surface area contributed by atoms with Gasteiger partial charge in [0.2, 0.25) is 0 Å². The van der Waals surface area contributed by atoms with Crippen LogP contribution in [-0.4, -0.2) is 46.3 Å². The van der Waals surface area contributed by atoms with E-state index in [1.807, 2.05) is 11.3 Å². The molecular formula is C19H31N3OS. The molecule has 0 spiro atoms. The van der Waals surface area contributed by atoms with Crippen molar-refractivity contribution in [2.45, 2.75) is 88.4 Å². The molecule has 4 nitrogen and oxygen atoms in total. The maximum absolute atomic E-state index is 10.2. The number of hydrogen-bond donors (Lipinski definition) is 2. The second kappa shape index (κ2) is 7.81. The van der Waals surface area contributed by atoms with Crippen molar-refractivity contribution in [3.8, 4) is 0 Å². The molecule has 1 saturated heterocycles. The molecular weight excluding hydrogens is 318 g/mol. The van der Waals surface area contributed by atoms with E-state index in [0.29, 0.717) is 12.1 Å². The topological polar surface area (TPSA) is 48.4 Å². The summed E-state index contributed by atoms with van der Waals surface area (Å²) >= 11 is 1.91. The zero-order valence-corrected chi connectivity index (χ0v) is 15.4. The molecule has 1 aromatic rings. The second-order valence-electron chi connectivity index (χ2n) is 7.90. The molecule has 3 aliphatic rings. The van der Waals surface area contributed by atoms with Crippen LogP contribution in [0.15, 0.2) is 6.20 Å². The number of nitrogens with zero attached hydrogens (tertiary/aromatic N) is 2. The van der Waals surface area contributed by atoms with Crippen molar-refractivity contribution in [2.75, 3.05) is 13.1 Å². The van der Waals surface area contributed by atoms with E-state index in [9.17, 15) is 5.11 Å². The molecule has 2 heterocycles. The second-order valence-corrected chi connectivity index (χ2v) is 9.05. The molecule has 0 amide bonds. The van der Waals surface area contributed by atoms with Crippen LogP contribution in [0.2, 0.25) is 0 Å². The van der Waals surface area contributed by atoms with Gasteiger partial charge in [0.25, 0.3) is 0 Å². The Kier molecular flexibility index (Phi) is 5.52. The van der Waals surface area contributed by atoms with Crippen LogP contribution in [0.5, 0.6) is 0 Å². The number of thiazole rings is 1. The number of aromatic nitrogens is 1. The summed E-state index contributed by atoms with van der Waals surface area (Å²) in [6.45, 7) is 3.24. The van der Waals surface area contributed by atoms with Gasteiger partial charge in [-0.3, -0.25) is 4.90 Å². The molecule has 2 aliphatic carbocycles. The zero-order valence-electron chi connectivity index (χ0n) is 14.6. The van der Waals surface area contributed by atoms with Crippen LogP contribution in [0.4, 0.5) is 0 Å². The van der Waals surface area contributed by atoms with Crippen molar-refractivity contribution in [1.82, 2.24) is 15.2 Å². The van der Waals surface area contributed by atoms with Crippen LogP contribution in [-0.2, 0) is 6.54 Å². The molecule has 5 heteroatoms. The Bertz CT molecular complexity index is 522. The number of piperidine rings is 1. The fraction of sp³-hybridized carbons (Fsp3) is 0.842. The van der Waals surface area contributed by atoms with Gasteiger partial charge in [0.1, 0.15) is 0 Å². The van der Waals surface area contributed by atoms with Crippen molar-refractivity contribution in [3.05, 3.63) is 16.1 Å². The average molecular weight is 350 g/mol. The Morgan fingerprint density at radius 3 is 2.58 bits per heavy atom. The van der Waals surface area contributed by atoms with Gasteiger partial charge in [-0.25, -0.2) is 4.98 Å². The van der Waals surface area contributed by atoms with Crippen LogP contribution in [0.1, 0.15) is 73.6 Å². The summed E-state index contributed by atoms with van der Waals surface area (Å²) in [5.41, 5.74) is 0. The normalized spacial score (nSPS) is 30.4. The molecule has 2 saturated carbocycles. The molecule has 2 N–H and O–H groups in total. The summed E-state index contributed by atoms with van der Waals surface area (Å²) < 4.78 is 0. The summed E-state index contributed by atoms with van der Waals surface area (Å²) in [5, 5.41) is 15.4. The van der Waals surface area contributed by atoms with Gasteiger partial charge in [-0.2, -0.15) is 0 Å². The first-order valence-electron chi connectivity index (χ1n) is 9.89. The lowest BCUT2D eigenvalue weighted by Gasteiger charge is -2.41. The zero-order chi connectivity index (χ0) is 16.4. The van der Waals surface area contributed by atoms with Crippen LogP contribution in [0.3, 0.4) is 0 Å². The summed E-state index contributed by atoms with van der Waals surface area (Å²) in [5.74, 6) is 0.758. The predicted molar refractivity (Wildman–Crippen MR) is 98.4 cm³/mol. The molecule has 134 valence electrons. The fourth-order valence-corrected chi connectivity index (χ4v) is 5.48. The number of aliphatic hydroxyl groups is 1. The lowest BCUT2D eigenvalue weighted by atomic mass is 9.86. The highest BCUT2D eigenvalue weighted by Gasteiger charge is 2.31. The van der Waals surface area contributed by atoms with Crippen molar-refractivity contribution in [3.63, 3.8) is 0 Å². The maximum Gasteiger partial charge on any atom is 0.0959 e. The first-order chi connectivity index (χ1) is 11.8. The number of likely N-dealkylation sites (tertiary alicyclic amines) is 1. The number of aliphatic hydroxyl groups excluding tert-OH is 1. The third-order valence-corrected chi connectivity index (χ3v) is 7.44. The van der Waals surface area contributed by atoms with E-state index in [-0.39, 0.29) is 6.10 Å². The van der Waals surface area contributed by atoms with E-state index >= 15 is 0 Å². The third kappa shape index (κ3) is 3.85. The molecule has 4 rings (SSSR count). The van der Waals surface area contributed by atoms with E-state index in [4.69, 9.17) is 0 Å². The Labute approximate surface area is 149 Å². The molecule has 3 fully saturated rings. The predicted octanol–water partition coefficient (Wildman–Crippen LogP) is 3.27. The van der Waals surface area contributed by atoms with Gasteiger partial charge in [0.05, 0.1) is 11.1 Å². The molecule has 0 bridgehead atoms. The molecule has 2 atom stereocenters. The van der Waals surface area contributed by atoms with Gasteiger partial charge in [-0.1, -0.05) is 19.3 Å². The summed E-state index contributed by atoms with van der Waals surface area (Å²) in [6.07, 6.45) is 13.1. The number of nitrogens with one attached hydrogen (secondary N) is 1. The molecule has 1 aliphatic heterocycles. The Morgan fingerprint density at radius 1 is 1.08 bits per heavy atom. The van der Waals surface area contributed by atoms with Crippen LogP contribution in [0, 0.1) is 0 Å². The molecule has 24 heavy (non-hydrogen) atoms. The molecule has 0 aromatic carbocycles. The molecule has 2 unspecified atom stereocenters. The van der Waals surface area contributed by atoms with Crippen LogP contribution in [0.25, 0.3) is 0 Å². The van der Waals surface area contributed by atoms with Gasteiger partial charge >= 0.3 is 0 Å². The van der Waals surface area contributed by atoms with Gasteiger partial charge in [-0.15, -0.1) is 11.3 Å². The van der Waals surface area contributed by atoms with Crippen molar-refractivity contribution in [2.24, 2.45) is 0 Å². The maximum atomic E-state index is 10.2. The van der Waals surface area contributed by atoms with E-state index in [0.717, 1.165) is 32.0 Å².